The fraction of sp³-hybridized carbons (Fsp3) is 0.417. The molecule has 0 atom stereocenters. The van der Waals surface area contributed by atoms with E-state index in [-0.39, 0.29) is 30.6 Å². The van der Waals surface area contributed by atoms with Gasteiger partial charge in [0.15, 0.2) is 0 Å². The van der Waals surface area contributed by atoms with Crippen molar-refractivity contribution in [2.45, 2.75) is 25.4 Å². The van der Waals surface area contributed by atoms with Crippen LogP contribution in [0.15, 0.2) is 18.3 Å². The summed E-state index contributed by atoms with van der Waals surface area (Å²) in [6.07, 6.45) is -3.79. The van der Waals surface area contributed by atoms with Crippen LogP contribution in [-0.4, -0.2) is 34.7 Å². The van der Waals surface area contributed by atoms with Gasteiger partial charge in [0.2, 0.25) is 0 Å². The van der Waals surface area contributed by atoms with E-state index < -0.39 is 24.5 Å². The first kappa shape index (κ1) is 15.9. The Morgan fingerprint density at radius 2 is 2.00 bits per heavy atom. The molecule has 0 radical (unpaired) electrons. The molecule has 1 aromatic heterocycles. The molecule has 2 N–H and O–H groups in total. The monoisotopic (exact) mass is 290 g/mol. The summed E-state index contributed by atoms with van der Waals surface area (Å²) in [4.78, 5) is 26.2. The lowest BCUT2D eigenvalue weighted by Crippen LogP contribution is -2.27. The lowest BCUT2D eigenvalue weighted by molar-refractivity contribution is -0.135. The van der Waals surface area contributed by atoms with Gasteiger partial charge in [-0.2, -0.15) is 13.2 Å². The molecule has 0 saturated carbocycles. The minimum atomic E-state index is -4.21. The highest BCUT2D eigenvalue weighted by atomic mass is 19.4. The second-order valence-electron chi connectivity index (χ2n) is 4.03. The Labute approximate surface area is 112 Å². The summed E-state index contributed by atoms with van der Waals surface area (Å²) in [5.74, 6) is -2.00. The smallest absolute Gasteiger partial charge is 0.389 e. The molecule has 0 fully saturated rings. The van der Waals surface area contributed by atoms with Crippen LogP contribution in [-0.2, 0) is 0 Å². The van der Waals surface area contributed by atoms with Crippen molar-refractivity contribution in [1.29, 1.82) is 0 Å². The Bertz CT molecular complexity index is 489. The number of carbonyl (C=O) groups excluding carboxylic acids is 1. The third-order valence-corrected chi connectivity index (χ3v) is 2.43. The molecule has 8 heteroatoms. The molecule has 0 aliphatic heterocycles. The molecule has 0 aliphatic carbocycles. The topological polar surface area (TPSA) is 79.3 Å². The van der Waals surface area contributed by atoms with Gasteiger partial charge in [-0.3, -0.25) is 9.78 Å². The fourth-order valence-electron chi connectivity index (χ4n) is 1.49. The van der Waals surface area contributed by atoms with Crippen LogP contribution in [0.4, 0.5) is 13.2 Å². The van der Waals surface area contributed by atoms with E-state index in [9.17, 15) is 22.8 Å². The van der Waals surface area contributed by atoms with Crippen LogP contribution in [0, 0.1) is 0 Å². The minimum absolute atomic E-state index is 0.0323. The maximum Gasteiger partial charge on any atom is 0.389 e. The maximum absolute atomic E-state index is 11.9. The van der Waals surface area contributed by atoms with Crippen LogP contribution in [0.2, 0.25) is 0 Å². The largest absolute Gasteiger partial charge is 0.478 e. The molecule has 1 rings (SSSR count). The summed E-state index contributed by atoms with van der Waals surface area (Å²) in [5, 5.41) is 11.2. The number of carboxylic acids is 1. The first-order chi connectivity index (χ1) is 9.31. The number of halogens is 3. The zero-order chi connectivity index (χ0) is 15.2. The van der Waals surface area contributed by atoms with Crippen molar-refractivity contribution in [3.8, 4) is 0 Å². The van der Waals surface area contributed by atoms with Gasteiger partial charge in [0, 0.05) is 19.2 Å². The van der Waals surface area contributed by atoms with E-state index in [0.29, 0.717) is 0 Å². The van der Waals surface area contributed by atoms with Crippen molar-refractivity contribution in [3.63, 3.8) is 0 Å². The normalized spacial score (nSPS) is 11.2. The van der Waals surface area contributed by atoms with Crippen molar-refractivity contribution >= 4 is 11.9 Å². The number of aromatic nitrogens is 1. The van der Waals surface area contributed by atoms with Crippen molar-refractivity contribution in [2.24, 2.45) is 0 Å². The molecule has 0 unspecified atom stereocenters. The number of carbonyl (C=O) groups is 2. The molecule has 0 saturated heterocycles. The lowest BCUT2D eigenvalue weighted by atomic mass is 10.2. The van der Waals surface area contributed by atoms with E-state index in [1.54, 1.807) is 0 Å². The maximum atomic E-state index is 11.9. The molecule has 1 heterocycles. The van der Waals surface area contributed by atoms with Crippen molar-refractivity contribution in [1.82, 2.24) is 10.3 Å². The standard InChI is InChI=1S/C12H13F3N2O3/c13-12(14,15)5-1-2-6-17-10(18)9-8(11(19)20)4-3-7-16-9/h3-4,7H,1-2,5-6H2,(H,17,18)(H,19,20). The summed E-state index contributed by atoms with van der Waals surface area (Å²) < 4.78 is 35.7. The summed E-state index contributed by atoms with van der Waals surface area (Å²) in [5.41, 5.74) is -0.504. The highest BCUT2D eigenvalue weighted by Gasteiger charge is 2.25. The van der Waals surface area contributed by atoms with Gasteiger partial charge in [-0.1, -0.05) is 0 Å². The van der Waals surface area contributed by atoms with Gasteiger partial charge in [-0.05, 0) is 25.0 Å². The van der Waals surface area contributed by atoms with Crippen LogP contribution in [0.5, 0.6) is 0 Å². The first-order valence-corrected chi connectivity index (χ1v) is 5.84. The highest BCUT2D eigenvalue weighted by molar-refractivity contribution is 6.03. The molecule has 110 valence electrons. The minimum Gasteiger partial charge on any atom is -0.478 e. The van der Waals surface area contributed by atoms with Gasteiger partial charge in [0.1, 0.15) is 5.69 Å². The molecule has 1 aromatic rings. The number of carboxylic acid groups (broad SMARTS) is 1. The average Bonchev–Trinajstić information content (AvgIpc) is 2.36. The van der Waals surface area contributed by atoms with Crippen molar-refractivity contribution in [2.75, 3.05) is 6.54 Å². The summed E-state index contributed by atoms with van der Waals surface area (Å²) in [6, 6.07) is 2.61. The lowest BCUT2D eigenvalue weighted by Gasteiger charge is -2.08. The Hall–Kier alpha value is -2.12. The van der Waals surface area contributed by atoms with Gasteiger partial charge in [0.05, 0.1) is 5.56 Å². The number of aromatic carboxylic acids is 1. The number of alkyl halides is 3. The molecule has 0 aliphatic rings. The van der Waals surface area contributed by atoms with E-state index in [1.807, 2.05) is 0 Å². The van der Waals surface area contributed by atoms with Crippen LogP contribution in [0.25, 0.3) is 0 Å². The van der Waals surface area contributed by atoms with Crippen LogP contribution in [0.1, 0.15) is 40.1 Å². The molecule has 0 aromatic carbocycles. The number of hydrogen-bond donors (Lipinski definition) is 2. The molecule has 5 nitrogen and oxygen atoms in total. The Morgan fingerprint density at radius 3 is 2.60 bits per heavy atom. The van der Waals surface area contributed by atoms with E-state index in [1.165, 1.54) is 18.3 Å². The first-order valence-electron chi connectivity index (χ1n) is 5.84. The average molecular weight is 290 g/mol. The number of pyridine rings is 1. The summed E-state index contributed by atoms with van der Waals surface area (Å²) >= 11 is 0. The number of rotatable bonds is 6. The predicted octanol–water partition coefficient (Wildman–Crippen LogP) is 2.24. The Balaban J connectivity index is 2.46. The predicted molar refractivity (Wildman–Crippen MR) is 63.4 cm³/mol. The second-order valence-corrected chi connectivity index (χ2v) is 4.03. The van der Waals surface area contributed by atoms with E-state index in [4.69, 9.17) is 5.11 Å². The van der Waals surface area contributed by atoms with Crippen LogP contribution < -0.4 is 5.32 Å². The zero-order valence-electron chi connectivity index (χ0n) is 10.4. The summed E-state index contributed by atoms with van der Waals surface area (Å²) in [6.45, 7) is 0.0323. The highest BCUT2D eigenvalue weighted by Crippen LogP contribution is 2.21. The second kappa shape index (κ2) is 6.88. The third kappa shape index (κ3) is 5.25. The van der Waals surface area contributed by atoms with E-state index in [0.717, 1.165) is 0 Å². The van der Waals surface area contributed by atoms with Gasteiger partial charge < -0.3 is 10.4 Å². The number of nitrogens with one attached hydrogen (secondary N) is 1. The molecular formula is C12H13F3N2O3. The van der Waals surface area contributed by atoms with Gasteiger partial charge >= 0.3 is 12.1 Å². The number of amides is 1. The van der Waals surface area contributed by atoms with Gasteiger partial charge in [-0.15, -0.1) is 0 Å². The molecular weight excluding hydrogens is 277 g/mol. The fourth-order valence-corrected chi connectivity index (χ4v) is 1.49. The molecule has 0 spiro atoms. The molecule has 1 amide bonds. The number of unbranched alkanes of at least 4 members (excludes halogenated alkanes) is 1. The van der Waals surface area contributed by atoms with Crippen LogP contribution in [0.3, 0.4) is 0 Å². The van der Waals surface area contributed by atoms with Gasteiger partial charge in [0.25, 0.3) is 5.91 Å². The van der Waals surface area contributed by atoms with E-state index in [2.05, 4.69) is 10.3 Å². The SMILES string of the molecule is O=C(O)c1cccnc1C(=O)NCCCCC(F)(F)F. The Kier molecular flexibility index (Phi) is 5.48. The van der Waals surface area contributed by atoms with Crippen LogP contribution >= 0.6 is 0 Å². The third-order valence-electron chi connectivity index (χ3n) is 2.43. The number of hydrogen-bond acceptors (Lipinski definition) is 3. The zero-order valence-corrected chi connectivity index (χ0v) is 10.4. The van der Waals surface area contributed by atoms with E-state index >= 15 is 0 Å². The van der Waals surface area contributed by atoms with Gasteiger partial charge in [-0.25, -0.2) is 4.79 Å². The molecule has 0 bridgehead atoms. The Morgan fingerprint density at radius 1 is 1.30 bits per heavy atom. The van der Waals surface area contributed by atoms with Crippen molar-refractivity contribution in [3.05, 3.63) is 29.6 Å². The molecule has 20 heavy (non-hydrogen) atoms. The summed E-state index contributed by atoms with van der Waals surface area (Å²) in [7, 11) is 0. The number of nitrogens with zero attached hydrogens (tertiary/aromatic N) is 1. The quantitative estimate of drug-likeness (QED) is 0.787. The van der Waals surface area contributed by atoms with Crippen molar-refractivity contribution < 1.29 is 27.9 Å².